The van der Waals surface area contributed by atoms with Crippen LogP contribution < -0.4 is 5.32 Å². The molecule has 2 atom stereocenters. The molecule has 0 saturated carbocycles. The Morgan fingerprint density at radius 2 is 1.85 bits per heavy atom. The van der Waals surface area contributed by atoms with Crippen LogP contribution in [0, 0.1) is 0 Å². The molecule has 2 heterocycles. The minimum absolute atomic E-state index is 0.0292. The van der Waals surface area contributed by atoms with E-state index in [1.165, 1.54) is 21.4 Å². The van der Waals surface area contributed by atoms with E-state index in [2.05, 4.69) is 10.3 Å². The summed E-state index contributed by atoms with van der Waals surface area (Å²) in [6, 6.07) is 11.2. The van der Waals surface area contributed by atoms with Crippen molar-refractivity contribution in [3.05, 3.63) is 82.8 Å². The van der Waals surface area contributed by atoms with Gasteiger partial charge in [0.2, 0.25) is 0 Å². The second-order valence-electron chi connectivity index (χ2n) is 7.99. The Hall–Kier alpha value is -2.89. The number of carbonyl (C=O) groups is 1. The molecule has 2 aromatic carbocycles. The van der Waals surface area contributed by atoms with Crippen LogP contribution in [-0.2, 0) is 23.2 Å². The standard InChI is InChI=1S/C22H20ClF3N4O3S/c1-29-12-20(27-13-29)34(32,33)30-10-16(14-5-3-2-4-6-14)19(11-30)28-21(31)15-7-8-17(18(23)9-15)22(24,25)26/h2-9,12-13,16,19H,10-11H2,1H3,(H,28,31)/t16-,19+/m0/s1. The molecule has 3 aromatic rings. The predicted octanol–water partition coefficient (Wildman–Crippen LogP) is 3.68. The van der Waals surface area contributed by atoms with Crippen molar-refractivity contribution in [1.29, 1.82) is 0 Å². The van der Waals surface area contributed by atoms with E-state index in [4.69, 9.17) is 11.6 Å². The van der Waals surface area contributed by atoms with Crippen molar-refractivity contribution in [2.45, 2.75) is 23.2 Å². The zero-order chi connectivity index (χ0) is 24.7. The molecular weight excluding hydrogens is 493 g/mol. The van der Waals surface area contributed by atoms with E-state index in [0.717, 1.165) is 23.8 Å². The summed E-state index contributed by atoms with van der Waals surface area (Å²) >= 11 is 5.76. The Labute approximate surface area is 199 Å². The largest absolute Gasteiger partial charge is 0.417 e. The first-order chi connectivity index (χ1) is 16.0. The number of aryl methyl sites for hydroxylation is 1. The maximum absolute atomic E-state index is 13.1. The molecule has 0 unspecified atom stereocenters. The summed E-state index contributed by atoms with van der Waals surface area (Å²) in [5.74, 6) is -1.04. The lowest BCUT2D eigenvalue weighted by Crippen LogP contribution is -2.40. The van der Waals surface area contributed by atoms with Crippen LogP contribution in [-0.4, -0.2) is 47.3 Å². The number of nitrogens with one attached hydrogen (secondary N) is 1. The van der Waals surface area contributed by atoms with E-state index < -0.39 is 38.7 Å². The van der Waals surface area contributed by atoms with Gasteiger partial charge < -0.3 is 9.88 Å². The number of benzene rings is 2. The van der Waals surface area contributed by atoms with Gasteiger partial charge in [0.05, 0.1) is 23.0 Å². The lowest BCUT2D eigenvalue weighted by molar-refractivity contribution is -0.137. The van der Waals surface area contributed by atoms with Crippen LogP contribution in [0.1, 0.15) is 27.4 Å². The van der Waals surface area contributed by atoms with Crippen molar-refractivity contribution in [1.82, 2.24) is 19.2 Å². The third-order valence-electron chi connectivity index (χ3n) is 5.65. The smallest absolute Gasteiger partial charge is 0.347 e. The molecule has 0 bridgehead atoms. The number of hydrogen-bond donors (Lipinski definition) is 1. The van der Waals surface area contributed by atoms with E-state index in [0.29, 0.717) is 0 Å². The van der Waals surface area contributed by atoms with Gasteiger partial charge in [-0.05, 0) is 23.8 Å². The summed E-state index contributed by atoms with van der Waals surface area (Å²) in [7, 11) is -2.26. The second-order valence-corrected chi connectivity index (χ2v) is 10.3. The van der Waals surface area contributed by atoms with Crippen LogP contribution >= 0.6 is 11.6 Å². The third kappa shape index (κ3) is 4.82. The van der Waals surface area contributed by atoms with E-state index in [9.17, 15) is 26.4 Å². The Kier molecular flexibility index (Phi) is 6.45. The van der Waals surface area contributed by atoms with Gasteiger partial charge in [-0.2, -0.15) is 17.5 Å². The first kappa shape index (κ1) is 24.2. The van der Waals surface area contributed by atoms with E-state index >= 15 is 0 Å². The minimum atomic E-state index is -4.64. The highest BCUT2D eigenvalue weighted by molar-refractivity contribution is 7.89. The van der Waals surface area contributed by atoms with Gasteiger partial charge in [-0.25, -0.2) is 13.4 Å². The van der Waals surface area contributed by atoms with Gasteiger partial charge in [-0.1, -0.05) is 41.9 Å². The fraction of sp³-hybridized carbons (Fsp3) is 0.273. The van der Waals surface area contributed by atoms with Gasteiger partial charge in [-0.3, -0.25) is 4.79 Å². The minimum Gasteiger partial charge on any atom is -0.347 e. The molecule has 1 N–H and O–H groups in total. The molecule has 1 aromatic heterocycles. The Morgan fingerprint density at radius 1 is 1.15 bits per heavy atom. The Morgan fingerprint density at radius 3 is 2.44 bits per heavy atom. The van der Waals surface area contributed by atoms with Crippen LogP contribution in [0.15, 0.2) is 66.1 Å². The topological polar surface area (TPSA) is 84.3 Å². The summed E-state index contributed by atoms with van der Waals surface area (Å²) in [4.78, 5) is 16.8. The normalized spacial score (nSPS) is 19.3. The number of aromatic nitrogens is 2. The number of carbonyl (C=O) groups excluding carboxylic acids is 1. The van der Waals surface area contributed by atoms with Gasteiger partial charge in [0.15, 0.2) is 5.03 Å². The summed E-state index contributed by atoms with van der Waals surface area (Å²) in [5, 5.41) is 2.08. The van der Waals surface area contributed by atoms with Crippen molar-refractivity contribution in [2.75, 3.05) is 13.1 Å². The van der Waals surface area contributed by atoms with Crippen LogP contribution in [0.3, 0.4) is 0 Å². The molecule has 34 heavy (non-hydrogen) atoms. The molecule has 7 nitrogen and oxygen atoms in total. The Balaban J connectivity index is 1.61. The molecule has 1 aliphatic rings. The highest BCUT2D eigenvalue weighted by Gasteiger charge is 2.42. The maximum atomic E-state index is 13.1. The molecule has 12 heteroatoms. The van der Waals surface area contributed by atoms with Crippen LogP contribution in [0.25, 0.3) is 0 Å². The van der Waals surface area contributed by atoms with Gasteiger partial charge in [0.25, 0.3) is 15.9 Å². The SMILES string of the molecule is Cn1cnc(S(=O)(=O)N2C[C@@H](NC(=O)c3ccc(C(F)(F)F)c(Cl)c3)[C@H](c3ccccc3)C2)c1. The van der Waals surface area contributed by atoms with Gasteiger partial charge in [0.1, 0.15) is 0 Å². The van der Waals surface area contributed by atoms with Gasteiger partial charge in [0, 0.05) is 37.8 Å². The van der Waals surface area contributed by atoms with E-state index in [1.54, 1.807) is 19.2 Å². The molecule has 0 spiro atoms. The number of amides is 1. The summed E-state index contributed by atoms with van der Waals surface area (Å²) in [6.45, 7) is 0.0697. The summed E-state index contributed by atoms with van der Waals surface area (Å²) < 4.78 is 68.0. The molecule has 180 valence electrons. The molecule has 1 amide bonds. The summed E-state index contributed by atoms with van der Waals surface area (Å²) in [5.41, 5.74) is -0.283. The number of nitrogens with zero attached hydrogens (tertiary/aromatic N) is 3. The second kappa shape index (κ2) is 9.05. The van der Waals surface area contributed by atoms with Crippen molar-refractivity contribution < 1.29 is 26.4 Å². The number of hydrogen-bond acceptors (Lipinski definition) is 4. The molecule has 0 radical (unpaired) electrons. The van der Waals surface area contributed by atoms with Gasteiger partial charge >= 0.3 is 6.18 Å². The predicted molar refractivity (Wildman–Crippen MR) is 119 cm³/mol. The fourth-order valence-electron chi connectivity index (χ4n) is 3.94. The van der Waals surface area contributed by atoms with E-state index in [-0.39, 0.29) is 29.6 Å². The van der Waals surface area contributed by atoms with Crippen LogP contribution in [0.4, 0.5) is 13.2 Å². The number of imidazole rings is 1. The maximum Gasteiger partial charge on any atom is 0.417 e. The quantitative estimate of drug-likeness (QED) is 0.565. The molecule has 1 aliphatic heterocycles. The number of sulfonamides is 1. The molecule has 1 saturated heterocycles. The highest BCUT2D eigenvalue weighted by atomic mass is 35.5. The molecular formula is C22H20ClF3N4O3S. The van der Waals surface area contributed by atoms with Gasteiger partial charge in [-0.15, -0.1) is 0 Å². The monoisotopic (exact) mass is 512 g/mol. The fourth-order valence-corrected chi connectivity index (χ4v) is 5.69. The third-order valence-corrected chi connectivity index (χ3v) is 7.68. The van der Waals surface area contributed by atoms with Crippen molar-refractivity contribution in [3.63, 3.8) is 0 Å². The van der Waals surface area contributed by atoms with Crippen molar-refractivity contribution >= 4 is 27.5 Å². The first-order valence-corrected chi connectivity index (χ1v) is 12.0. The lowest BCUT2D eigenvalue weighted by atomic mass is 9.94. The van der Waals surface area contributed by atoms with E-state index in [1.807, 2.05) is 18.2 Å². The van der Waals surface area contributed by atoms with Crippen LogP contribution in [0.5, 0.6) is 0 Å². The number of halogens is 4. The molecule has 0 aliphatic carbocycles. The van der Waals surface area contributed by atoms with Crippen molar-refractivity contribution in [3.8, 4) is 0 Å². The zero-order valence-electron chi connectivity index (χ0n) is 17.8. The average molecular weight is 513 g/mol. The number of alkyl halides is 3. The highest BCUT2D eigenvalue weighted by Crippen LogP contribution is 2.35. The van der Waals surface area contributed by atoms with Crippen LogP contribution in [0.2, 0.25) is 5.02 Å². The zero-order valence-corrected chi connectivity index (χ0v) is 19.4. The average Bonchev–Trinajstić information content (AvgIpc) is 3.40. The molecule has 4 rings (SSSR count). The Bertz CT molecular complexity index is 1310. The number of rotatable bonds is 5. The summed E-state index contributed by atoms with van der Waals surface area (Å²) in [6.07, 6.45) is -1.87. The lowest BCUT2D eigenvalue weighted by Gasteiger charge is -2.20. The molecule has 1 fully saturated rings. The van der Waals surface area contributed by atoms with Crippen molar-refractivity contribution in [2.24, 2.45) is 7.05 Å². The first-order valence-electron chi connectivity index (χ1n) is 10.2.